The molecule has 4 heteroatoms. The Morgan fingerprint density at radius 3 is 2.70 bits per heavy atom. The topological polar surface area (TPSA) is 41.5 Å². The van der Waals surface area contributed by atoms with E-state index in [-0.39, 0.29) is 6.04 Å². The van der Waals surface area contributed by atoms with Crippen molar-refractivity contribution >= 4 is 11.3 Å². The largest absolute Gasteiger partial charge is 0.389 e. The molecule has 108 valence electrons. The summed E-state index contributed by atoms with van der Waals surface area (Å²) in [7, 11) is 0. The molecule has 0 amide bonds. The van der Waals surface area contributed by atoms with Crippen molar-refractivity contribution in [3.8, 4) is 0 Å². The smallest absolute Gasteiger partial charge is 0.0898 e. The van der Waals surface area contributed by atoms with E-state index in [9.17, 15) is 5.11 Å². The van der Waals surface area contributed by atoms with E-state index >= 15 is 0 Å². The standard InChI is InChI=1S/C16H21NO2S/c1-13(14-6-3-2-4-7-14)17-10-15(18)11-19-12-16-8-5-9-20-16/h2-9,13,15,17-18H,10-12H2,1H3/t13-,15?/m1/s1. The van der Waals surface area contributed by atoms with Gasteiger partial charge in [-0.2, -0.15) is 0 Å². The van der Waals surface area contributed by atoms with Crippen LogP contribution in [0, 0.1) is 0 Å². The molecule has 1 aromatic heterocycles. The fourth-order valence-corrected chi connectivity index (χ4v) is 2.56. The Morgan fingerprint density at radius 1 is 1.20 bits per heavy atom. The van der Waals surface area contributed by atoms with Crippen LogP contribution in [0.1, 0.15) is 23.4 Å². The van der Waals surface area contributed by atoms with Gasteiger partial charge in [-0.25, -0.2) is 0 Å². The molecule has 0 radical (unpaired) electrons. The van der Waals surface area contributed by atoms with Crippen molar-refractivity contribution in [3.05, 3.63) is 58.3 Å². The van der Waals surface area contributed by atoms with Crippen LogP contribution in [0.15, 0.2) is 47.8 Å². The van der Waals surface area contributed by atoms with Crippen LogP contribution in [0.5, 0.6) is 0 Å². The second-order valence-electron chi connectivity index (χ2n) is 4.79. The van der Waals surface area contributed by atoms with Gasteiger partial charge in [0, 0.05) is 17.5 Å². The van der Waals surface area contributed by atoms with Gasteiger partial charge in [-0.1, -0.05) is 36.4 Å². The third-order valence-electron chi connectivity index (χ3n) is 3.09. The van der Waals surface area contributed by atoms with Crippen LogP contribution < -0.4 is 5.32 Å². The minimum atomic E-state index is -0.485. The second kappa shape index (κ2) is 8.17. The Balaban J connectivity index is 1.63. The van der Waals surface area contributed by atoms with Crippen molar-refractivity contribution in [1.82, 2.24) is 5.32 Å². The Hall–Kier alpha value is -1.20. The van der Waals surface area contributed by atoms with Gasteiger partial charge < -0.3 is 15.2 Å². The number of hydrogen-bond acceptors (Lipinski definition) is 4. The lowest BCUT2D eigenvalue weighted by Gasteiger charge is -2.17. The molecule has 0 spiro atoms. The number of aliphatic hydroxyl groups is 1. The highest BCUT2D eigenvalue weighted by atomic mass is 32.1. The van der Waals surface area contributed by atoms with E-state index in [0.29, 0.717) is 19.8 Å². The first kappa shape index (κ1) is 15.2. The lowest BCUT2D eigenvalue weighted by Crippen LogP contribution is -2.32. The lowest BCUT2D eigenvalue weighted by atomic mass is 10.1. The van der Waals surface area contributed by atoms with Crippen molar-refractivity contribution in [2.24, 2.45) is 0 Å². The van der Waals surface area contributed by atoms with Gasteiger partial charge in [-0.15, -0.1) is 11.3 Å². The molecule has 0 saturated heterocycles. The summed E-state index contributed by atoms with van der Waals surface area (Å²) < 4.78 is 5.50. The Morgan fingerprint density at radius 2 is 2.00 bits per heavy atom. The molecule has 2 aromatic rings. The minimum absolute atomic E-state index is 0.225. The zero-order chi connectivity index (χ0) is 14.2. The third-order valence-corrected chi connectivity index (χ3v) is 3.94. The quantitative estimate of drug-likeness (QED) is 0.785. The van der Waals surface area contributed by atoms with Crippen LogP contribution in [0.25, 0.3) is 0 Å². The van der Waals surface area contributed by atoms with Gasteiger partial charge in [0.1, 0.15) is 0 Å². The third kappa shape index (κ3) is 5.06. The van der Waals surface area contributed by atoms with Crippen molar-refractivity contribution in [2.45, 2.75) is 25.7 Å². The molecule has 0 fully saturated rings. The Bertz CT molecular complexity index is 472. The van der Waals surface area contributed by atoms with Crippen LogP contribution in [-0.2, 0) is 11.3 Å². The summed E-state index contributed by atoms with van der Waals surface area (Å²) in [6.45, 7) is 3.55. The molecular weight excluding hydrogens is 270 g/mol. The van der Waals surface area contributed by atoms with Gasteiger partial charge in [0.2, 0.25) is 0 Å². The highest BCUT2D eigenvalue weighted by molar-refractivity contribution is 7.09. The maximum atomic E-state index is 9.89. The zero-order valence-corrected chi connectivity index (χ0v) is 12.5. The van der Waals surface area contributed by atoms with Crippen LogP contribution in [0.3, 0.4) is 0 Å². The Labute approximate surface area is 124 Å². The van der Waals surface area contributed by atoms with Crippen molar-refractivity contribution in [2.75, 3.05) is 13.2 Å². The molecule has 2 N–H and O–H groups in total. The summed E-state index contributed by atoms with van der Waals surface area (Å²) in [5, 5.41) is 15.2. The number of hydrogen-bond donors (Lipinski definition) is 2. The number of thiophene rings is 1. The van der Waals surface area contributed by atoms with Crippen molar-refractivity contribution in [1.29, 1.82) is 0 Å². The maximum Gasteiger partial charge on any atom is 0.0898 e. The summed E-state index contributed by atoms with van der Waals surface area (Å²) >= 11 is 1.67. The van der Waals surface area contributed by atoms with E-state index in [1.165, 1.54) is 10.4 Å². The molecule has 0 aliphatic carbocycles. The molecule has 0 aliphatic heterocycles. The number of benzene rings is 1. The summed E-state index contributed by atoms with van der Waals surface area (Å²) in [5.74, 6) is 0. The number of ether oxygens (including phenoxy) is 1. The molecule has 1 heterocycles. The molecule has 3 nitrogen and oxygen atoms in total. The van der Waals surface area contributed by atoms with E-state index in [2.05, 4.69) is 24.4 Å². The van der Waals surface area contributed by atoms with Gasteiger partial charge in [0.15, 0.2) is 0 Å². The summed E-state index contributed by atoms with van der Waals surface area (Å²) in [6, 6.07) is 14.5. The molecule has 1 aromatic carbocycles. The van der Waals surface area contributed by atoms with Crippen molar-refractivity contribution < 1.29 is 9.84 Å². The predicted octanol–water partition coefficient (Wildman–Crippen LogP) is 2.98. The van der Waals surface area contributed by atoms with Crippen LogP contribution in [0.4, 0.5) is 0 Å². The lowest BCUT2D eigenvalue weighted by molar-refractivity contribution is 0.0288. The SMILES string of the molecule is C[C@@H](NCC(O)COCc1cccs1)c1ccccc1. The predicted molar refractivity (Wildman–Crippen MR) is 82.8 cm³/mol. The molecule has 0 bridgehead atoms. The normalized spacial score (nSPS) is 14.1. The number of nitrogens with one attached hydrogen (secondary N) is 1. The second-order valence-corrected chi connectivity index (χ2v) is 5.82. The molecular formula is C16H21NO2S. The fraction of sp³-hybridized carbons (Fsp3) is 0.375. The molecule has 1 unspecified atom stereocenters. The van der Waals surface area contributed by atoms with Gasteiger partial charge in [-0.05, 0) is 23.9 Å². The molecule has 2 atom stereocenters. The van der Waals surface area contributed by atoms with E-state index in [0.717, 1.165) is 0 Å². The van der Waals surface area contributed by atoms with Gasteiger partial charge in [0.25, 0.3) is 0 Å². The van der Waals surface area contributed by atoms with E-state index in [4.69, 9.17) is 4.74 Å². The Kier molecular flexibility index (Phi) is 6.21. The van der Waals surface area contributed by atoms with Gasteiger partial charge >= 0.3 is 0 Å². The first-order chi connectivity index (χ1) is 9.75. The number of aliphatic hydroxyl groups excluding tert-OH is 1. The van der Waals surface area contributed by atoms with Crippen LogP contribution in [-0.4, -0.2) is 24.4 Å². The van der Waals surface area contributed by atoms with E-state index < -0.39 is 6.10 Å². The molecule has 20 heavy (non-hydrogen) atoms. The summed E-state index contributed by atoms with van der Waals surface area (Å²) in [6.07, 6.45) is -0.485. The minimum Gasteiger partial charge on any atom is -0.389 e. The fourth-order valence-electron chi connectivity index (χ4n) is 1.92. The average molecular weight is 291 g/mol. The summed E-state index contributed by atoms with van der Waals surface area (Å²) in [4.78, 5) is 1.18. The highest BCUT2D eigenvalue weighted by Gasteiger charge is 2.08. The molecule has 0 saturated carbocycles. The highest BCUT2D eigenvalue weighted by Crippen LogP contribution is 2.11. The van der Waals surface area contributed by atoms with Crippen LogP contribution in [0.2, 0.25) is 0 Å². The zero-order valence-electron chi connectivity index (χ0n) is 11.7. The average Bonchev–Trinajstić information content (AvgIpc) is 2.99. The first-order valence-corrected chi connectivity index (χ1v) is 7.70. The molecule has 2 rings (SSSR count). The number of rotatable bonds is 8. The van der Waals surface area contributed by atoms with E-state index in [1.807, 2.05) is 35.7 Å². The molecule has 0 aliphatic rings. The first-order valence-electron chi connectivity index (χ1n) is 6.82. The van der Waals surface area contributed by atoms with Crippen molar-refractivity contribution in [3.63, 3.8) is 0 Å². The monoisotopic (exact) mass is 291 g/mol. The van der Waals surface area contributed by atoms with Gasteiger partial charge in [-0.3, -0.25) is 0 Å². The van der Waals surface area contributed by atoms with Gasteiger partial charge in [0.05, 0.1) is 19.3 Å². The van der Waals surface area contributed by atoms with Crippen LogP contribution >= 0.6 is 11.3 Å². The van der Waals surface area contributed by atoms with E-state index in [1.54, 1.807) is 11.3 Å². The summed E-state index contributed by atoms with van der Waals surface area (Å²) in [5.41, 5.74) is 1.22. The maximum absolute atomic E-state index is 9.89.